The number of hydrogen-bond donors (Lipinski definition) is 1. The van der Waals surface area contributed by atoms with Gasteiger partial charge in [0.2, 0.25) is 0 Å². The molecule has 1 aromatic carbocycles. The first kappa shape index (κ1) is 11.3. The van der Waals surface area contributed by atoms with Crippen molar-refractivity contribution < 1.29 is 4.39 Å². The van der Waals surface area contributed by atoms with Gasteiger partial charge >= 0.3 is 0 Å². The predicted molar refractivity (Wildman–Crippen MR) is 67.3 cm³/mol. The standard InChI is InChI=1S/C13H14FNS/c1-15-6-5-10-7-13(16-9-10)11-3-2-4-12(14)8-11/h2-4,7-9,15H,5-6H2,1H3. The Kier molecular flexibility index (Phi) is 3.70. The Labute approximate surface area is 98.9 Å². The molecule has 0 fully saturated rings. The maximum absolute atomic E-state index is 13.1. The Morgan fingerprint density at radius 2 is 2.19 bits per heavy atom. The highest BCUT2D eigenvalue weighted by Crippen LogP contribution is 2.27. The van der Waals surface area contributed by atoms with E-state index in [0.29, 0.717) is 0 Å². The molecule has 1 aromatic heterocycles. The van der Waals surface area contributed by atoms with E-state index in [9.17, 15) is 4.39 Å². The van der Waals surface area contributed by atoms with Crippen LogP contribution in [0.5, 0.6) is 0 Å². The molecule has 0 atom stereocenters. The fraction of sp³-hybridized carbons (Fsp3) is 0.231. The van der Waals surface area contributed by atoms with Crippen molar-refractivity contribution in [1.82, 2.24) is 5.32 Å². The molecule has 0 bridgehead atoms. The van der Waals surface area contributed by atoms with E-state index in [-0.39, 0.29) is 5.82 Å². The van der Waals surface area contributed by atoms with E-state index in [1.165, 1.54) is 11.6 Å². The lowest BCUT2D eigenvalue weighted by Gasteiger charge is -1.97. The first-order valence-electron chi connectivity index (χ1n) is 5.27. The van der Waals surface area contributed by atoms with Gasteiger partial charge in [0.05, 0.1) is 0 Å². The van der Waals surface area contributed by atoms with Crippen LogP contribution in [0.4, 0.5) is 4.39 Å². The lowest BCUT2D eigenvalue weighted by Crippen LogP contribution is -2.09. The van der Waals surface area contributed by atoms with E-state index in [1.54, 1.807) is 23.5 Å². The Hall–Kier alpha value is -1.19. The zero-order valence-corrected chi connectivity index (χ0v) is 9.98. The molecule has 2 aromatic rings. The van der Waals surface area contributed by atoms with Gasteiger partial charge in [-0.25, -0.2) is 4.39 Å². The van der Waals surface area contributed by atoms with Crippen LogP contribution in [0.15, 0.2) is 35.7 Å². The van der Waals surface area contributed by atoms with Gasteiger partial charge in [0.1, 0.15) is 5.82 Å². The van der Waals surface area contributed by atoms with Crippen molar-refractivity contribution in [2.24, 2.45) is 0 Å². The number of rotatable bonds is 4. The molecule has 2 rings (SSSR count). The maximum Gasteiger partial charge on any atom is 0.123 e. The minimum atomic E-state index is -0.178. The third-order valence-corrected chi connectivity index (χ3v) is 3.45. The van der Waals surface area contributed by atoms with Gasteiger partial charge in [-0.15, -0.1) is 11.3 Å². The SMILES string of the molecule is CNCCc1csc(-c2cccc(F)c2)c1. The quantitative estimate of drug-likeness (QED) is 0.857. The number of benzene rings is 1. The highest BCUT2D eigenvalue weighted by Gasteiger charge is 2.03. The molecular weight excluding hydrogens is 221 g/mol. The summed E-state index contributed by atoms with van der Waals surface area (Å²) < 4.78 is 13.1. The summed E-state index contributed by atoms with van der Waals surface area (Å²) in [6.45, 7) is 0.972. The Bertz CT molecular complexity index is 464. The summed E-state index contributed by atoms with van der Waals surface area (Å²) in [5, 5.41) is 5.26. The van der Waals surface area contributed by atoms with Crippen molar-refractivity contribution in [1.29, 1.82) is 0 Å². The third-order valence-electron chi connectivity index (χ3n) is 2.43. The maximum atomic E-state index is 13.1. The molecule has 0 aliphatic rings. The van der Waals surface area contributed by atoms with Crippen LogP contribution in [0.1, 0.15) is 5.56 Å². The molecule has 3 heteroatoms. The van der Waals surface area contributed by atoms with Crippen LogP contribution in [0.25, 0.3) is 10.4 Å². The first-order valence-corrected chi connectivity index (χ1v) is 6.15. The number of likely N-dealkylation sites (N-methyl/N-ethyl adjacent to an activating group) is 1. The highest BCUT2D eigenvalue weighted by molar-refractivity contribution is 7.13. The van der Waals surface area contributed by atoms with Crippen LogP contribution in [0.2, 0.25) is 0 Å². The fourth-order valence-corrected chi connectivity index (χ4v) is 2.52. The van der Waals surface area contributed by atoms with E-state index >= 15 is 0 Å². The van der Waals surface area contributed by atoms with E-state index in [2.05, 4.69) is 16.8 Å². The van der Waals surface area contributed by atoms with Gasteiger partial charge in [-0.1, -0.05) is 12.1 Å². The first-order chi connectivity index (χ1) is 7.79. The van der Waals surface area contributed by atoms with Crippen molar-refractivity contribution in [2.75, 3.05) is 13.6 Å². The van der Waals surface area contributed by atoms with Gasteiger partial charge in [0.25, 0.3) is 0 Å². The second kappa shape index (κ2) is 5.23. The van der Waals surface area contributed by atoms with Crippen molar-refractivity contribution in [2.45, 2.75) is 6.42 Å². The molecular formula is C13H14FNS. The molecule has 1 N–H and O–H groups in total. The summed E-state index contributed by atoms with van der Waals surface area (Å²) in [4.78, 5) is 1.13. The van der Waals surface area contributed by atoms with Crippen molar-refractivity contribution in [3.05, 3.63) is 47.1 Å². The molecule has 1 nitrogen and oxygen atoms in total. The van der Waals surface area contributed by atoms with Gasteiger partial charge in [-0.3, -0.25) is 0 Å². The van der Waals surface area contributed by atoms with Gasteiger partial charge in [0.15, 0.2) is 0 Å². The summed E-state index contributed by atoms with van der Waals surface area (Å²) in [7, 11) is 1.94. The normalized spacial score (nSPS) is 10.6. The molecule has 0 spiro atoms. The monoisotopic (exact) mass is 235 g/mol. The summed E-state index contributed by atoms with van der Waals surface area (Å²) >= 11 is 1.67. The number of halogens is 1. The lowest BCUT2D eigenvalue weighted by atomic mass is 10.1. The second-order valence-electron chi connectivity index (χ2n) is 3.68. The minimum Gasteiger partial charge on any atom is -0.319 e. The zero-order valence-electron chi connectivity index (χ0n) is 9.16. The smallest absolute Gasteiger partial charge is 0.123 e. The number of thiophene rings is 1. The molecule has 0 amide bonds. The van der Waals surface area contributed by atoms with Crippen LogP contribution < -0.4 is 5.32 Å². The largest absolute Gasteiger partial charge is 0.319 e. The molecule has 0 aliphatic heterocycles. The summed E-state index contributed by atoms with van der Waals surface area (Å²) in [5.74, 6) is -0.178. The lowest BCUT2D eigenvalue weighted by molar-refractivity contribution is 0.628. The molecule has 0 saturated heterocycles. The van der Waals surface area contributed by atoms with Crippen LogP contribution >= 0.6 is 11.3 Å². The van der Waals surface area contributed by atoms with E-state index in [1.807, 2.05) is 13.1 Å². The van der Waals surface area contributed by atoms with Gasteiger partial charge < -0.3 is 5.32 Å². The topological polar surface area (TPSA) is 12.0 Å². The molecule has 16 heavy (non-hydrogen) atoms. The summed E-state index contributed by atoms with van der Waals surface area (Å²) in [6, 6.07) is 8.87. The van der Waals surface area contributed by atoms with Crippen LogP contribution in [-0.4, -0.2) is 13.6 Å². The molecule has 0 aliphatic carbocycles. The minimum absolute atomic E-state index is 0.178. The van der Waals surface area contributed by atoms with E-state index < -0.39 is 0 Å². The Morgan fingerprint density at radius 1 is 1.31 bits per heavy atom. The van der Waals surface area contributed by atoms with Crippen LogP contribution in [0, 0.1) is 5.82 Å². The van der Waals surface area contributed by atoms with Gasteiger partial charge in [-0.2, -0.15) is 0 Å². The van der Waals surface area contributed by atoms with E-state index in [4.69, 9.17) is 0 Å². The van der Waals surface area contributed by atoms with Crippen molar-refractivity contribution in [3.8, 4) is 10.4 Å². The average molecular weight is 235 g/mol. The Balaban J connectivity index is 2.18. The molecule has 0 radical (unpaired) electrons. The predicted octanol–water partition coefficient (Wildman–Crippen LogP) is 3.32. The fourth-order valence-electron chi connectivity index (χ4n) is 1.57. The number of nitrogens with one attached hydrogen (secondary N) is 1. The third kappa shape index (κ3) is 2.68. The van der Waals surface area contributed by atoms with Gasteiger partial charge in [0, 0.05) is 4.88 Å². The summed E-state index contributed by atoms with van der Waals surface area (Å²) in [6.07, 6.45) is 1.02. The highest BCUT2D eigenvalue weighted by atomic mass is 32.1. The summed E-state index contributed by atoms with van der Waals surface area (Å²) in [5.41, 5.74) is 2.26. The zero-order chi connectivity index (χ0) is 11.4. The molecule has 1 heterocycles. The van der Waals surface area contributed by atoms with E-state index in [0.717, 1.165) is 23.4 Å². The van der Waals surface area contributed by atoms with Crippen LogP contribution in [-0.2, 0) is 6.42 Å². The Morgan fingerprint density at radius 3 is 2.94 bits per heavy atom. The van der Waals surface area contributed by atoms with Crippen molar-refractivity contribution >= 4 is 11.3 Å². The average Bonchev–Trinajstić information content (AvgIpc) is 2.75. The molecule has 0 unspecified atom stereocenters. The number of hydrogen-bond acceptors (Lipinski definition) is 2. The van der Waals surface area contributed by atoms with Gasteiger partial charge in [-0.05, 0) is 54.7 Å². The molecule has 84 valence electrons. The van der Waals surface area contributed by atoms with Crippen molar-refractivity contribution in [3.63, 3.8) is 0 Å². The second-order valence-corrected chi connectivity index (χ2v) is 4.59. The van der Waals surface area contributed by atoms with Crippen LogP contribution in [0.3, 0.4) is 0 Å². The molecule has 0 saturated carbocycles.